The second-order valence-electron chi connectivity index (χ2n) is 1.23. The molecule has 1 saturated heterocycles. The van der Waals surface area contributed by atoms with Gasteiger partial charge in [0, 0.05) is 14.4 Å². The van der Waals surface area contributed by atoms with E-state index in [0.29, 0.717) is 6.61 Å². The normalized spacial score (nSPS) is 38.7. The zero-order valence-electron chi connectivity index (χ0n) is 4.61. The van der Waals surface area contributed by atoms with Crippen LogP contribution in [0.3, 0.4) is 0 Å². The maximum absolute atomic E-state index is 7.04. The van der Waals surface area contributed by atoms with E-state index in [1.54, 1.807) is 0 Å². The molecule has 1 fully saturated rings. The first-order valence-corrected chi connectivity index (χ1v) is 2.13. The zero-order valence-corrected chi connectivity index (χ0v) is 3.61. The Morgan fingerprint density at radius 1 is 1.67 bits per heavy atom. The molecule has 0 amide bonds. The highest BCUT2D eigenvalue weighted by molar-refractivity contribution is 4.49. The number of hydrogen-bond donors (Lipinski definition) is 1. The van der Waals surface area contributed by atoms with Crippen molar-refractivity contribution in [1.82, 2.24) is 5.32 Å². The number of ether oxygens (including phenoxy) is 1. The molecule has 0 saturated carbocycles. The summed E-state index contributed by atoms with van der Waals surface area (Å²) in [6, 6.07) is 0. The van der Waals surface area contributed by atoms with Crippen LogP contribution in [0.5, 0.6) is 0 Å². The van der Waals surface area contributed by atoms with Gasteiger partial charge in [-0.15, -0.1) is 0 Å². The maximum atomic E-state index is 7.04. The average molecular weight is 89.1 g/mol. The van der Waals surface area contributed by atoms with Crippen LogP contribution in [0, 0.1) is 0 Å². The highest BCUT2D eigenvalue weighted by Gasteiger charge is 1.92. The van der Waals surface area contributed by atoms with Crippen LogP contribution in [-0.2, 0) is 4.74 Å². The molecular formula is C4H9NO. The van der Waals surface area contributed by atoms with Crippen molar-refractivity contribution >= 4 is 0 Å². The molecule has 1 rings (SSSR count). The van der Waals surface area contributed by atoms with Crippen LogP contribution in [0.25, 0.3) is 0 Å². The summed E-state index contributed by atoms with van der Waals surface area (Å²) in [4.78, 5) is 0. The third-order valence-corrected chi connectivity index (χ3v) is 0.736. The van der Waals surface area contributed by atoms with E-state index < -0.39 is 0 Å². The molecule has 0 aromatic rings. The molecule has 1 N–H and O–H groups in total. The number of morpholine rings is 1. The molecule has 1 unspecified atom stereocenters. The second kappa shape index (κ2) is 2.16. The summed E-state index contributed by atoms with van der Waals surface area (Å²) in [6.45, 7) is 1.94. The maximum Gasteiger partial charge on any atom is 0.0591 e. The predicted molar refractivity (Wildman–Crippen MR) is 23.7 cm³/mol. The van der Waals surface area contributed by atoms with E-state index in [0.717, 1.165) is 13.2 Å². The molecule has 1 atom stereocenters. The first kappa shape index (κ1) is 2.99. The Kier molecular flexibility index (Phi) is 1.08. The molecule has 0 radical (unpaired) electrons. The Bertz CT molecular complexity index is 53.7. The summed E-state index contributed by atoms with van der Waals surface area (Å²) in [5, 5.41) is 2.92. The van der Waals surface area contributed by atoms with E-state index in [1.165, 1.54) is 0 Å². The molecule has 1 aliphatic heterocycles. The lowest BCUT2D eigenvalue weighted by Gasteiger charge is -2.10. The average Bonchev–Trinajstić information content (AvgIpc) is 1.69. The Balaban J connectivity index is 2.12. The fourth-order valence-electron chi connectivity index (χ4n) is 0.434. The van der Waals surface area contributed by atoms with E-state index in [2.05, 4.69) is 5.32 Å². The van der Waals surface area contributed by atoms with Crippen molar-refractivity contribution in [2.75, 3.05) is 26.3 Å². The van der Waals surface area contributed by atoms with Crippen molar-refractivity contribution in [3.05, 3.63) is 0 Å². The van der Waals surface area contributed by atoms with Crippen molar-refractivity contribution in [3.63, 3.8) is 0 Å². The molecule has 0 spiro atoms. The van der Waals surface area contributed by atoms with Gasteiger partial charge >= 0.3 is 0 Å². The highest BCUT2D eigenvalue weighted by atomic mass is 16.5. The van der Waals surface area contributed by atoms with Gasteiger partial charge in [-0.1, -0.05) is 0 Å². The van der Waals surface area contributed by atoms with Crippen LogP contribution in [-0.4, -0.2) is 26.3 Å². The van der Waals surface area contributed by atoms with Crippen molar-refractivity contribution in [1.29, 1.82) is 0 Å². The van der Waals surface area contributed by atoms with Crippen molar-refractivity contribution < 1.29 is 6.11 Å². The smallest absolute Gasteiger partial charge is 0.0591 e. The molecule has 0 bridgehead atoms. The molecule has 2 heteroatoms. The van der Waals surface area contributed by atoms with E-state index in [9.17, 15) is 0 Å². The van der Waals surface area contributed by atoms with Gasteiger partial charge in [0.2, 0.25) is 0 Å². The molecule has 2 nitrogen and oxygen atoms in total. The summed E-state index contributed by atoms with van der Waals surface area (Å²) < 4.78 is 12.0. The van der Waals surface area contributed by atoms with Crippen LogP contribution in [0.4, 0.5) is 0 Å². The quantitative estimate of drug-likeness (QED) is 0.436. The van der Waals surface area contributed by atoms with Crippen LogP contribution in [0.1, 0.15) is 1.37 Å². The van der Waals surface area contributed by atoms with Crippen LogP contribution >= 0.6 is 0 Å². The highest BCUT2D eigenvalue weighted by Crippen LogP contribution is 1.76. The van der Waals surface area contributed by atoms with Crippen molar-refractivity contribution in [2.45, 2.75) is 0 Å². The minimum atomic E-state index is -0.186. The first-order valence-electron chi connectivity index (χ1n) is 2.71. The molecule has 0 aromatic carbocycles. The lowest BCUT2D eigenvalue weighted by molar-refractivity contribution is 0.109. The topological polar surface area (TPSA) is 21.3 Å². The van der Waals surface area contributed by atoms with Gasteiger partial charge in [-0.3, -0.25) is 0 Å². The third-order valence-electron chi connectivity index (χ3n) is 0.736. The monoisotopic (exact) mass is 89.1 g/mol. The lowest BCUT2D eigenvalue weighted by Crippen LogP contribution is -2.30. The Labute approximate surface area is 38.9 Å². The summed E-state index contributed by atoms with van der Waals surface area (Å²) in [6.07, 6.45) is 0. The number of hydrogen-bond acceptors (Lipinski definition) is 2. The third kappa shape index (κ3) is 0.954. The van der Waals surface area contributed by atoms with Crippen molar-refractivity contribution in [3.8, 4) is 0 Å². The van der Waals surface area contributed by atoms with Crippen LogP contribution < -0.4 is 5.32 Å². The summed E-state index contributed by atoms with van der Waals surface area (Å²) in [5.74, 6) is 0. The zero-order chi connectivity index (χ0) is 5.11. The summed E-state index contributed by atoms with van der Waals surface area (Å²) >= 11 is 0. The standard InChI is InChI=1S/C4H9NO/c1-3-6-4-2-5-1/h5H,1-4H2/i1T. The first-order chi connectivity index (χ1) is 3.39. The van der Waals surface area contributed by atoms with E-state index >= 15 is 0 Å². The predicted octanol–water partition coefficient (Wildman–Crippen LogP) is -0.394. The van der Waals surface area contributed by atoms with Gasteiger partial charge < -0.3 is 10.1 Å². The van der Waals surface area contributed by atoms with Gasteiger partial charge in [-0.05, 0) is 0 Å². The Hall–Kier alpha value is -0.0800. The largest absolute Gasteiger partial charge is 0.379 e. The van der Waals surface area contributed by atoms with E-state index in [-0.39, 0.29) is 6.52 Å². The van der Waals surface area contributed by atoms with Gasteiger partial charge in [0.05, 0.1) is 13.2 Å². The molecule has 36 valence electrons. The minimum Gasteiger partial charge on any atom is -0.379 e. The fraction of sp³-hybridized carbons (Fsp3) is 1.00. The van der Waals surface area contributed by atoms with Crippen molar-refractivity contribution in [2.24, 2.45) is 0 Å². The second-order valence-corrected chi connectivity index (χ2v) is 1.23. The SMILES string of the molecule is [3H]C1COCCN1. The molecule has 6 heavy (non-hydrogen) atoms. The molecule has 1 aliphatic rings. The number of rotatable bonds is 0. The Morgan fingerprint density at radius 2 is 2.67 bits per heavy atom. The van der Waals surface area contributed by atoms with E-state index in [4.69, 9.17) is 6.11 Å². The lowest BCUT2D eigenvalue weighted by atomic mass is 10.5. The molecule has 0 aromatic heterocycles. The molecular weight excluding hydrogens is 78.0 g/mol. The Morgan fingerprint density at radius 3 is 3.00 bits per heavy atom. The fourth-order valence-corrected chi connectivity index (χ4v) is 0.434. The summed E-state index contributed by atoms with van der Waals surface area (Å²) in [7, 11) is 0. The van der Waals surface area contributed by atoms with E-state index in [1.807, 2.05) is 0 Å². The van der Waals surface area contributed by atoms with Gasteiger partial charge in [0.1, 0.15) is 0 Å². The summed E-state index contributed by atoms with van der Waals surface area (Å²) in [5.41, 5.74) is 0. The van der Waals surface area contributed by atoms with Gasteiger partial charge in [0.25, 0.3) is 0 Å². The van der Waals surface area contributed by atoms with Crippen LogP contribution in [0.15, 0.2) is 0 Å². The van der Waals surface area contributed by atoms with Gasteiger partial charge in [-0.25, -0.2) is 0 Å². The number of nitrogens with one attached hydrogen (secondary N) is 1. The van der Waals surface area contributed by atoms with Gasteiger partial charge in [0.15, 0.2) is 0 Å². The molecule has 0 aliphatic carbocycles. The van der Waals surface area contributed by atoms with Crippen LogP contribution in [0.2, 0.25) is 0 Å². The molecule has 1 heterocycles. The minimum absolute atomic E-state index is 0.186. The van der Waals surface area contributed by atoms with Gasteiger partial charge in [-0.2, -0.15) is 0 Å².